The molecule has 2 fully saturated rings. The Hall–Kier alpha value is -2.37. The van der Waals surface area contributed by atoms with E-state index in [1.54, 1.807) is 21.9 Å². The molecule has 3 rings (SSSR count). The van der Waals surface area contributed by atoms with Gasteiger partial charge in [0.25, 0.3) is 0 Å². The lowest BCUT2D eigenvalue weighted by Gasteiger charge is -2.33. The molecule has 2 heterocycles. The van der Waals surface area contributed by atoms with Gasteiger partial charge in [-0.05, 0) is 45.2 Å². The molecule has 2 amide bonds. The summed E-state index contributed by atoms with van der Waals surface area (Å²) < 4.78 is 5.68. The molecule has 0 unspecified atom stereocenters. The number of benzene rings is 1. The van der Waals surface area contributed by atoms with E-state index < -0.39 is 0 Å². The largest absolute Gasteiger partial charge is 0.491 e. The number of likely N-dealkylation sites (tertiary alicyclic amines) is 2. The molecule has 2 saturated heterocycles. The van der Waals surface area contributed by atoms with Crippen molar-refractivity contribution in [3.05, 3.63) is 29.8 Å². The molecule has 0 saturated carbocycles. The highest BCUT2D eigenvalue weighted by atomic mass is 16.5. The number of piperidine rings is 1. The van der Waals surface area contributed by atoms with Crippen LogP contribution in [0.1, 0.15) is 49.9 Å². The van der Waals surface area contributed by atoms with Gasteiger partial charge in [-0.3, -0.25) is 14.4 Å². The lowest BCUT2D eigenvalue weighted by molar-refractivity contribution is -0.139. The summed E-state index contributed by atoms with van der Waals surface area (Å²) in [6.07, 6.45) is 2.98. The minimum Gasteiger partial charge on any atom is -0.491 e. The number of Topliss-reactive ketones (excluding diaryl/α,β-unsaturated/α-hetero) is 1. The Labute approximate surface area is 160 Å². The first-order valence-electron chi connectivity index (χ1n) is 9.80. The standard InChI is InChI=1S/C21H28N2O4/c1-15(2)27-18-8-3-6-16(12-18)21(26)17-7-4-10-22(13-17)20(25)14-23-11-5-9-19(23)24/h3,6,8,12,15,17H,4-5,7,9-11,13-14H2,1-2H3/t17-/m1/s1. The molecule has 1 aromatic rings. The van der Waals surface area contributed by atoms with Crippen molar-refractivity contribution in [1.82, 2.24) is 9.80 Å². The van der Waals surface area contributed by atoms with Crippen LogP contribution in [-0.4, -0.2) is 59.7 Å². The van der Waals surface area contributed by atoms with E-state index in [9.17, 15) is 14.4 Å². The minimum absolute atomic E-state index is 0.0476. The molecule has 6 heteroatoms. The molecule has 146 valence electrons. The van der Waals surface area contributed by atoms with Crippen LogP contribution < -0.4 is 4.74 Å². The average Bonchev–Trinajstić information content (AvgIpc) is 3.05. The molecular formula is C21H28N2O4. The Bertz CT molecular complexity index is 716. The van der Waals surface area contributed by atoms with Crippen LogP contribution in [0.4, 0.5) is 0 Å². The summed E-state index contributed by atoms with van der Waals surface area (Å²) >= 11 is 0. The van der Waals surface area contributed by atoms with Crippen molar-refractivity contribution in [2.75, 3.05) is 26.2 Å². The highest BCUT2D eigenvalue weighted by Crippen LogP contribution is 2.24. The van der Waals surface area contributed by atoms with Crippen molar-refractivity contribution < 1.29 is 19.1 Å². The zero-order chi connectivity index (χ0) is 19.4. The van der Waals surface area contributed by atoms with E-state index in [1.807, 2.05) is 26.0 Å². The molecule has 1 atom stereocenters. The van der Waals surface area contributed by atoms with Crippen LogP contribution in [0.15, 0.2) is 24.3 Å². The zero-order valence-electron chi connectivity index (χ0n) is 16.1. The number of hydrogen-bond acceptors (Lipinski definition) is 4. The van der Waals surface area contributed by atoms with Crippen LogP contribution in [-0.2, 0) is 9.59 Å². The van der Waals surface area contributed by atoms with Crippen LogP contribution in [0.25, 0.3) is 0 Å². The molecule has 2 aliphatic heterocycles. The summed E-state index contributed by atoms with van der Waals surface area (Å²) in [6.45, 7) is 5.77. The molecule has 1 aromatic carbocycles. The summed E-state index contributed by atoms with van der Waals surface area (Å²) in [5.74, 6) is 0.534. The Kier molecular flexibility index (Phi) is 6.14. The van der Waals surface area contributed by atoms with E-state index in [-0.39, 0.29) is 36.2 Å². The lowest BCUT2D eigenvalue weighted by Crippen LogP contribution is -2.46. The van der Waals surface area contributed by atoms with Crippen molar-refractivity contribution in [1.29, 1.82) is 0 Å². The molecule has 27 heavy (non-hydrogen) atoms. The first-order chi connectivity index (χ1) is 12.9. The van der Waals surface area contributed by atoms with Crippen molar-refractivity contribution in [2.24, 2.45) is 5.92 Å². The third kappa shape index (κ3) is 4.87. The number of nitrogens with zero attached hydrogens (tertiary/aromatic N) is 2. The van der Waals surface area contributed by atoms with E-state index in [2.05, 4.69) is 0 Å². The van der Waals surface area contributed by atoms with Crippen LogP contribution in [0.5, 0.6) is 5.75 Å². The third-order valence-electron chi connectivity index (χ3n) is 5.13. The van der Waals surface area contributed by atoms with Gasteiger partial charge in [0.2, 0.25) is 11.8 Å². The summed E-state index contributed by atoms with van der Waals surface area (Å²) in [6, 6.07) is 7.27. The SMILES string of the molecule is CC(C)Oc1cccc(C(=O)[C@@H]2CCCN(C(=O)CN3CCCC3=O)C2)c1. The van der Waals surface area contributed by atoms with Gasteiger partial charge in [-0.2, -0.15) is 0 Å². The number of carbonyl (C=O) groups excluding carboxylic acids is 3. The van der Waals surface area contributed by atoms with Crippen molar-refractivity contribution in [3.63, 3.8) is 0 Å². The van der Waals surface area contributed by atoms with Crippen molar-refractivity contribution >= 4 is 17.6 Å². The minimum atomic E-state index is -0.203. The van der Waals surface area contributed by atoms with E-state index >= 15 is 0 Å². The smallest absolute Gasteiger partial charge is 0.242 e. The number of rotatable bonds is 6. The second kappa shape index (κ2) is 8.55. The first kappa shape index (κ1) is 19.4. The fourth-order valence-electron chi connectivity index (χ4n) is 3.78. The summed E-state index contributed by atoms with van der Waals surface area (Å²) in [7, 11) is 0. The van der Waals surface area contributed by atoms with E-state index in [1.165, 1.54) is 0 Å². The Morgan fingerprint density at radius 3 is 2.74 bits per heavy atom. The summed E-state index contributed by atoms with van der Waals surface area (Å²) in [4.78, 5) is 40.6. The van der Waals surface area contributed by atoms with Gasteiger partial charge in [0.1, 0.15) is 5.75 Å². The number of ether oxygens (including phenoxy) is 1. The van der Waals surface area contributed by atoms with Crippen LogP contribution in [0.2, 0.25) is 0 Å². The van der Waals surface area contributed by atoms with Gasteiger partial charge in [-0.1, -0.05) is 12.1 Å². The molecule has 0 aliphatic carbocycles. The molecule has 0 spiro atoms. The van der Waals surface area contributed by atoms with Gasteiger partial charge >= 0.3 is 0 Å². The van der Waals surface area contributed by atoms with Gasteiger partial charge < -0.3 is 14.5 Å². The number of hydrogen-bond donors (Lipinski definition) is 0. The van der Waals surface area contributed by atoms with Crippen LogP contribution in [0, 0.1) is 5.92 Å². The highest BCUT2D eigenvalue weighted by molar-refractivity contribution is 5.98. The van der Waals surface area contributed by atoms with E-state index in [4.69, 9.17) is 4.74 Å². The first-order valence-corrected chi connectivity index (χ1v) is 9.80. The Morgan fingerprint density at radius 1 is 1.22 bits per heavy atom. The number of carbonyl (C=O) groups is 3. The van der Waals surface area contributed by atoms with Crippen LogP contribution >= 0.6 is 0 Å². The lowest BCUT2D eigenvalue weighted by atomic mass is 9.90. The monoisotopic (exact) mass is 372 g/mol. The predicted octanol–water partition coefficient (Wildman–Crippen LogP) is 2.52. The molecule has 6 nitrogen and oxygen atoms in total. The Morgan fingerprint density at radius 2 is 2.04 bits per heavy atom. The highest BCUT2D eigenvalue weighted by Gasteiger charge is 2.31. The van der Waals surface area contributed by atoms with Gasteiger partial charge in [0, 0.05) is 37.5 Å². The molecule has 0 aromatic heterocycles. The summed E-state index contributed by atoms with van der Waals surface area (Å²) in [5, 5.41) is 0. The fraction of sp³-hybridized carbons (Fsp3) is 0.571. The normalized spacial score (nSPS) is 20.3. The number of amides is 2. The fourth-order valence-corrected chi connectivity index (χ4v) is 3.78. The number of ketones is 1. The van der Waals surface area contributed by atoms with Gasteiger partial charge in [0.05, 0.1) is 12.6 Å². The molecular weight excluding hydrogens is 344 g/mol. The average molecular weight is 372 g/mol. The van der Waals surface area contributed by atoms with Crippen LogP contribution in [0.3, 0.4) is 0 Å². The molecule has 0 bridgehead atoms. The third-order valence-corrected chi connectivity index (χ3v) is 5.13. The second-order valence-corrected chi connectivity index (χ2v) is 7.66. The van der Waals surface area contributed by atoms with Gasteiger partial charge in [0.15, 0.2) is 5.78 Å². The van der Waals surface area contributed by atoms with Crippen molar-refractivity contribution in [2.45, 2.75) is 45.6 Å². The maximum absolute atomic E-state index is 12.9. The second-order valence-electron chi connectivity index (χ2n) is 7.66. The Balaban J connectivity index is 1.62. The summed E-state index contributed by atoms with van der Waals surface area (Å²) in [5.41, 5.74) is 0.627. The topological polar surface area (TPSA) is 66.9 Å². The van der Waals surface area contributed by atoms with Gasteiger partial charge in [-0.25, -0.2) is 0 Å². The maximum Gasteiger partial charge on any atom is 0.242 e. The predicted molar refractivity (Wildman–Crippen MR) is 102 cm³/mol. The quantitative estimate of drug-likeness (QED) is 0.720. The molecule has 2 aliphatic rings. The van der Waals surface area contributed by atoms with E-state index in [0.717, 1.165) is 19.3 Å². The molecule has 0 radical (unpaired) electrons. The zero-order valence-corrected chi connectivity index (χ0v) is 16.1. The molecule has 0 N–H and O–H groups in total. The van der Waals surface area contributed by atoms with E-state index in [0.29, 0.717) is 37.4 Å². The van der Waals surface area contributed by atoms with Gasteiger partial charge in [-0.15, -0.1) is 0 Å². The maximum atomic E-state index is 12.9. The van der Waals surface area contributed by atoms with Crippen molar-refractivity contribution in [3.8, 4) is 5.75 Å².